The smallest absolute Gasteiger partial charge is 0.417 e. The van der Waals surface area contributed by atoms with Crippen molar-refractivity contribution in [2.24, 2.45) is 0 Å². The lowest BCUT2D eigenvalue weighted by Crippen LogP contribution is -2.06. The third kappa shape index (κ3) is 1.54. The molecule has 0 unspecified atom stereocenters. The second-order valence-corrected chi connectivity index (χ2v) is 3.40. The number of nitrogens with two attached hydrogens (primary N) is 1. The molecule has 2 nitrogen and oxygen atoms in total. The van der Waals surface area contributed by atoms with Crippen LogP contribution in [0.5, 0.6) is 5.75 Å². The number of alkyl halides is 3. The van der Waals surface area contributed by atoms with Crippen LogP contribution in [-0.4, -0.2) is 5.11 Å². The lowest BCUT2D eigenvalue weighted by molar-refractivity contribution is -0.136. The van der Waals surface area contributed by atoms with E-state index >= 15 is 0 Å². The first-order chi connectivity index (χ1) is 7.41. The average molecular weight is 227 g/mol. The van der Waals surface area contributed by atoms with E-state index in [2.05, 4.69) is 0 Å². The monoisotopic (exact) mass is 227 g/mol. The Morgan fingerprint density at radius 1 is 1.06 bits per heavy atom. The normalized spacial score (nSPS) is 11.9. The van der Waals surface area contributed by atoms with Crippen molar-refractivity contribution in [3.63, 3.8) is 0 Å². The van der Waals surface area contributed by atoms with Crippen molar-refractivity contribution in [3.05, 3.63) is 35.9 Å². The van der Waals surface area contributed by atoms with E-state index in [1.165, 1.54) is 24.3 Å². The Bertz CT molecular complexity index is 549. The number of nitrogen functional groups attached to an aromatic ring is 1. The maximum Gasteiger partial charge on any atom is 0.417 e. The number of aromatic hydroxyl groups is 1. The summed E-state index contributed by atoms with van der Waals surface area (Å²) in [5.41, 5.74) is 4.39. The van der Waals surface area contributed by atoms with Gasteiger partial charge >= 0.3 is 6.18 Å². The molecular formula is C11H8F3NO. The minimum absolute atomic E-state index is 0.157. The third-order valence-corrected chi connectivity index (χ3v) is 2.37. The first-order valence-corrected chi connectivity index (χ1v) is 4.48. The number of anilines is 1. The van der Waals surface area contributed by atoms with Gasteiger partial charge in [-0.05, 0) is 17.5 Å². The molecule has 0 saturated heterocycles. The van der Waals surface area contributed by atoms with Crippen LogP contribution in [0, 0.1) is 0 Å². The van der Waals surface area contributed by atoms with Gasteiger partial charge in [0.1, 0.15) is 5.75 Å². The fourth-order valence-electron chi connectivity index (χ4n) is 1.63. The molecule has 0 spiro atoms. The van der Waals surface area contributed by atoms with E-state index in [1.54, 1.807) is 0 Å². The van der Waals surface area contributed by atoms with Crippen molar-refractivity contribution in [1.82, 2.24) is 0 Å². The maximum absolute atomic E-state index is 12.7. The van der Waals surface area contributed by atoms with Gasteiger partial charge < -0.3 is 10.8 Å². The van der Waals surface area contributed by atoms with Gasteiger partial charge in [-0.15, -0.1) is 0 Å². The number of phenols is 1. The molecule has 0 aliphatic heterocycles. The van der Waals surface area contributed by atoms with Crippen molar-refractivity contribution >= 4 is 16.5 Å². The fourth-order valence-corrected chi connectivity index (χ4v) is 1.63. The first kappa shape index (κ1) is 10.6. The second kappa shape index (κ2) is 3.30. The Morgan fingerprint density at radius 3 is 2.38 bits per heavy atom. The maximum atomic E-state index is 12.7. The van der Waals surface area contributed by atoms with Crippen LogP contribution in [0.2, 0.25) is 0 Å². The summed E-state index contributed by atoms with van der Waals surface area (Å²) in [5.74, 6) is -0.343. The summed E-state index contributed by atoms with van der Waals surface area (Å²) in [4.78, 5) is 0. The van der Waals surface area contributed by atoms with E-state index in [1.807, 2.05) is 0 Å². The molecule has 0 aromatic heterocycles. The van der Waals surface area contributed by atoms with E-state index in [4.69, 9.17) is 5.73 Å². The average Bonchev–Trinajstić information content (AvgIpc) is 2.21. The number of hydrogen-bond donors (Lipinski definition) is 2. The summed E-state index contributed by atoms with van der Waals surface area (Å²) < 4.78 is 38.1. The molecule has 0 aliphatic carbocycles. The van der Waals surface area contributed by atoms with Crippen molar-refractivity contribution in [3.8, 4) is 5.75 Å². The summed E-state index contributed by atoms with van der Waals surface area (Å²) in [6.07, 6.45) is -4.48. The van der Waals surface area contributed by atoms with Crippen LogP contribution in [0.25, 0.3) is 10.8 Å². The van der Waals surface area contributed by atoms with Gasteiger partial charge in [0.15, 0.2) is 0 Å². The van der Waals surface area contributed by atoms with E-state index < -0.39 is 11.7 Å². The van der Waals surface area contributed by atoms with Crippen molar-refractivity contribution in [2.45, 2.75) is 6.18 Å². The van der Waals surface area contributed by atoms with Crippen molar-refractivity contribution in [2.75, 3.05) is 5.73 Å². The molecule has 0 aliphatic rings. The minimum Gasteiger partial charge on any atom is -0.506 e. The van der Waals surface area contributed by atoms with Gasteiger partial charge in [-0.3, -0.25) is 0 Å². The highest BCUT2D eigenvalue weighted by molar-refractivity contribution is 5.98. The van der Waals surface area contributed by atoms with Crippen LogP contribution in [0.4, 0.5) is 18.9 Å². The van der Waals surface area contributed by atoms with Gasteiger partial charge in [0.2, 0.25) is 0 Å². The minimum atomic E-state index is -4.48. The van der Waals surface area contributed by atoms with Crippen LogP contribution in [-0.2, 0) is 6.18 Å². The summed E-state index contributed by atoms with van der Waals surface area (Å²) >= 11 is 0. The van der Waals surface area contributed by atoms with Gasteiger partial charge in [-0.1, -0.05) is 18.2 Å². The van der Waals surface area contributed by atoms with E-state index in [9.17, 15) is 18.3 Å². The fraction of sp³-hybridized carbons (Fsp3) is 0.0909. The molecule has 0 heterocycles. The van der Waals surface area contributed by atoms with Gasteiger partial charge in [0.25, 0.3) is 0 Å². The van der Waals surface area contributed by atoms with E-state index in [-0.39, 0.29) is 16.8 Å². The molecule has 0 saturated carbocycles. The summed E-state index contributed by atoms with van der Waals surface area (Å²) in [6.45, 7) is 0. The number of phenolic OH excluding ortho intramolecular Hbond substituents is 1. The molecule has 2 aromatic rings. The summed E-state index contributed by atoms with van der Waals surface area (Å²) in [6, 6.07) is 6.44. The van der Waals surface area contributed by atoms with Crippen LogP contribution >= 0.6 is 0 Å². The molecule has 16 heavy (non-hydrogen) atoms. The van der Waals surface area contributed by atoms with Crippen molar-refractivity contribution in [1.29, 1.82) is 0 Å². The molecule has 2 rings (SSSR count). The highest BCUT2D eigenvalue weighted by Crippen LogP contribution is 2.39. The molecule has 0 radical (unpaired) electrons. The number of hydrogen-bond acceptors (Lipinski definition) is 2. The van der Waals surface area contributed by atoms with Crippen LogP contribution in [0.3, 0.4) is 0 Å². The lowest BCUT2D eigenvalue weighted by atomic mass is 10.0. The molecule has 84 valence electrons. The van der Waals surface area contributed by atoms with E-state index in [0.29, 0.717) is 5.39 Å². The van der Waals surface area contributed by atoms with Crippen LogP contribution in [0.1, 0.15) is 5.56 Å². The molecular weight excluding hydrogens is 219 g/mol. The Labute approximate surface area is 89.1 Å². The molecule has 0 bridgehead atoms. The van der Waals surface area contributed by atoms with E-state index in [0.717, 1.165) is 6.07 Å². The predicted octanol–water partition coefficient (Wildman–Crippen LogP) is 3.15. The number of rotatable bonds is 0. The van der Waals surface area contributed by atoms with Crippen LogP contribution < -0.4 is 5.73 Å². The van der Waals surface area contributed by atoms with Gasteiger partial charge in [0, 0.05) is 5.39 Å². The van der Waals surface area contributed by atoms with Crippen LogP contribution in [0.15, 0.2) is 30.3 Å². The second-order valence-electron chi connectivity index (χ2n) is 3.40. The Morgan fingerprint density at radius 2 is 1.75 bits per heavy atom. The zero-order chi connectivity index (χ0) is 11.9. The SMILES string of the molecule is Nc1c(O)ccc2cccc(C(F)(F)F)c12. The Hall–Kier alpha value is -1.91. The molecule has 5 heteroatoms. The highest BCUT2D eigenvalue weighted by Gasteiger charge is 2.33. The lowest BCUT2D eigenvalue weighted by Gasteiger charge is -2.12. The predicted molar refractivity (Wildman–Crippen MR) is 55.0 cm³/mol. The standard InChI is InChI=1S/C11H8F3NO/c12-11(13,14)7-3-1-2-6-4-5-8(16)10(15)9(6)7/h1-5,16H,15H2. The number of fused-ring (bicyclic) bond motifs is 1. The van der Waals surface area contributed by atoms with Crippen molar-refractivity contribution < 1.29 is 18.3 Å². The summed E-state index contributed by atoms with van der Waals surface area (Å²) in [5, 5.41) is 9.51. The first-order valence-electron chi connectivity index (χ1n) is 4.48. The molecule has 3 N–H and O–H groups in total. The largest absolute Gasteiger partial charge is 0.506 e. The molecule has 0 atom stereocenters. The van der Waals surface area contributed by atoms with Gasteiger partial charge in [-0.2, -0.15) is 13.2 Å². The topological polar surface area (TPSA) is 46.2 Å². The quantitative estimate of drug-likeness (QED) is 0.536. The molecule has 2 aromatic carbocycles. The zero-order valence-electron chi connectivity index (χ0n) is 8.05. The molecule has 0 fully saturated rings. The molecule has 0 amide bonds. The van der Waals surface area contributed by atoms with Gasteiger partial charge in [0.05, 0.1) is 11.3 Å². The summed E-state index contributed by atoms with van der Waals surface area (Å²) in [7, 11) is 0. The Kier molecular flexibility index (Phi) is 2.18. The zero-order valence-corrected chi connectivity index (χ0v) is 8.05. The Balaban J connectivity index is 2.91. The number of benzene rings is 2. The highest BCUT2D eigenvalue weighted by atomic mass is 19.4. The van der Waals surface area contributed by atoms with Gasteiger partial charge in [-0.25, -0.2) is 0 Å². The number of halogens is 3. The third-order valence-electron chi connectivity index (χ3n) is 2.37.